The maximum absolute atomic E-state index is 13.0. The summed E-state index contributed by atoms with van der Waals surface area (Å²) < 4.78 is 5.98. The molecule has 190 valence electrons. The van der Waals surface area contributed by atoms with Crippen LogP contribution < -0.4 is 0 Å². The van der Waals surface area contributed by atoms with Crippen LogP contribution in [0.4, 0.5) is 0 Å². The Morgan fingerprint density at radius 3 is 2.38 bits per heavy atom. The number of ketones is 1. The highest BCUT2D eigenvalue weighted by Gasteiger charge is 2.68. The molecule has 3 heteroatoms. The highest BCUT2D eigenvalue weighted by atomic mass is 16.5. The summed E-state index contributed by atoms with van der Waals surface area (Å²) in [4.78, 5) is 25.1. The van der Waals surface area contributed by atoms with Gasteiger partial charge in [0.1, 0.15) is 12.4 Å². The van der Waals surface area contributed by atoms with Crippen LogP contribution in [0.1, 0.15) is 113 Å². The maximum atomic E-state index is 13.0. The molecule has 1 unspecified atom stereocenters. The quantitative estimate of drug-likeness (QED) is 0.311. The standard InChI is InChI=1S/C31H48O3/c1-20(32)34-19-31-17-11-21-10-14-27(2,3)18-22(21)23(31)8-9-25-29(6)15-13-26(33)28(4,5)24(29)12-16-30(25,31)7/h8,21-22,24-25H,9-19H2,1-7H3/t21-,22-,24?,25-,29+,30-,31+/m1/s1. The number of rotatable bonds is 2. The molecule has 7 atom stereocenters. The van der Waals surface area contributed by atoms with Crippen LogP contribution in [0.3, 0.4) is 0 Å². The molecule has 4 fully saturated rings. The van der Waals surface area contributed by atoms with E-state index in [1.165, 1.54) is 25.7 Å². The lowest BCUT2D eigenvalue weighted by Crippen LogP contribution is -2.65. The maximum Gasteiger partial charge on any atom is 0.302 e. The molecule has 0 saturated heterocycles. The van der Waals surface area contributed by atoms with E-state index >= 15 is 0 Å². The van der Waals surface area contributed by atoms with Crippen LogP contribution in [0.25, 0.3) is 0 Å². The third kappa shape index (κ3) is 3.27. The lowest BCUT2D eigenvalue weighted by molar-refractivity contribution is -0.195. The smallest absolute Gasteiger partial charge is 0.302 e. The van der Waals surface area contributed by atoms with Gasteiger partial charge in [-0.15, -0.1) is 0 Å². The number of Topliss-reactive ketones (excluding diaryl/α,β-unsaturated/α-hetero) is 1. The van der Waals surface area contributed by atoms with Crippen molar-refractivity contribution >= 4 is 11.8 Å². The molecule has 0 spiro atoms. The van der Waals surface area contributed by atoms with Gasteiger partial charge in [0.15, 0.2) is 0 Å². The third-order valence-electron chi connectivity index (χ3n) is 12.4. The Morgan fingerprint density at radius 1 is 0.971 bits per heavy atom. The van der Waals surface area contributed by atoms with Crippen molar-refractivity contribution in [2.45, 2.75) is 113 Å². The van der Waals surface area contributed by atoms with Crippen molar-refractivity contribution in [3.63, 3.8) is 0 Å². The molecule has 4 saturated carbocycles. The van der Waals surface area contributed by atoms with Crippen LogP contribution in [0.5, 0.6) is 0 Å². The molecular formula is C31H48O3. The van der Waals surface area contributed by atoms with Crippen LogP contribution in [-0.4, -0.2) is 18.4 Å². The first kappa shape index (κ1) is 24.6. The van der Waals surface area contributed by atoms with Gasteiger partial charge in [0.25, 0.3) is 0 Å². The van der Waals surface area contributed by atoms with Crippen LogP contribution in [0, 0.1) is 50.7 Å². The van der Waals surface area contributed by atoms with Gasteiger partial charge in [0.2, 0.25) is 0 Å². The normalized spacial score (nSPS) is 46.8. The summed E-state index contributed by atoms with van der Waals surface area (Å²) in [5, 5.41) is 0. The Balaban J connectivity index is 1.61. The van der Waals surface area contributed by atoms with Crippen molar-refractivity contribution in [1.82, 2.24) is 0 Å². The second-order valence-electron chi connectivity index (χ2n) is 14.8. The van der Waals surface area contributed by atoms with Gasteiger partial charge < -0.3 is 4.74 Å². The molecule has 5 aliphatic carbocycles. The predicted octanol–water partition coefficient (Wildman–Crippen LogP) is 7.53. The minimum absolute atomic E-state index is 0.0459. The molecule has 0 N–H and O–H groups in total. The highest BCUT2D eigenvalue weighted by Crippen LogP contribution is 2.74. The lowest BCUT2D eigenvalue weighted by Gasteiger charge is -2.70. The Kier molecular flexibility index (Phi) is 5.56. The molecule has 0 amide bonds. The number of esters is 1. The minimum atomic E-state index is -0.230. The average molecular weight is 469 g/mol. The van der Waals surface area contributed by atoms with Gasteiger partial charge in [-0.25, -0.2) is 0 Å². The number of carbonyl (C=O) groups excluding carboxylic acids is 2. The third-order valence-corrected chi connectivity index (χ3v) is 12.4. The minimum Gasteiger partial charge on any atom is -0.465 e. The van der Waals surface area contributed by atoms with E-state index in [1.807, 2.05) is 0 Å². The van der Waals surface area contributed by atoms with E-state index in [0.29, 0.717) is 35.6 Å². The van der Waals surface area contributed by atoms with E-state index in [2.05, 4.69) is 47.6 Å². The van der Waals surface area contributed by atoms with E-state index < -0.39 is 0 Å². The van der Waals surface area contributed by atoms with E-state index in [1.54, 1.807) is 12.5 Å². The molecule has 0 aromatic heterocycles. The SMILES string of the molecule is CC(=O)OC[C@@]12CC[C@H]3CCC(C)(C)C[C@H]3C1=CC[C@@H]1[C@@]3(C)CCC(=O)C(C)(C)C3CC[C@]12C. The number of ether oxygens (including phenoxy) is 1. The molecule has 0 heterocycles. The number of hydrogen-bond donors (Lipinski definition) is 0. The fraction of sp³-hybridized carbons (Fsp3) is 0.871. The first-order valence-electron chi connectivity index (χ1n) is 14.1. The zero-order chi connectivity index (χ0) is 24.7. The Hall–Kier alpha value is -1.12. The van der Waals surface area contributed by atoms with Gasteiger partial charge in [-0.1, -0.05) is 53.2 Å². The van der Waals surface area contributed by atoms with Gasteiger partial charge in [-0.05, 0) is 97.7 Å². The zero-order valence-corrected chi connectivity index (χ0v) is 22.9. The molecule has 0 aliphatic heterocycles. The highest BCUT2D eigenvalue weighted by molar-refractivity contribution is 5.85. The van der Waals surface area contributed by atoms with Gasteiger partial charge in [-0.2, -0.15) is 0 Å². The molecule has 0 radical (unpaired) electrons. The van der Waals surface area contributed by atoms with Gasteiger partial charge in [0, 0.05) is 24.2 Å². The summed E-state index contributed by atoms with van der Waals surface area (Å²) in [7, 11) is 0. The Bertz CT molecular complexity index is 912. The monoisotopic (exact) mass is 468 g/mol. The summed E-state index contributed by atoms with van der Waals surface area (Å²) in [5.74, 6) is 2.74. The largest absolute Gasteiger partial charge is 0.465 e. The fourth-order valence-electron chi connectivity index (χ4n) is 10.5. The van der Waals surface area contributed by atoms with E-state index in [9.17, 15) is 9.59 Å². The second kappa shape index (κ2) is 7.69. The van der Waals surface area contributed by atoms with Crippen LogP contribution in [0.2, 0.25) is 0 Å². The Labute approximate surface area is 207 Å². The van der Waals surface area contributed by atoms with Gasteiger partial charge >= 0.3 is 5.97 Å². The average Bonchev–Trinajstić information content (AvgIpc) is 2.74. The lowest BCUT2D eigenvalue weighted by atomic mass is 9.34. The van der Waals surface area contributed by atoms with Gasteiger partial charge in [0.05, 0.1) is 0 Å². The molecule has 0 bridgehead atoms. The summed E-state index contributed by atoms with van der Waals surface area (Å²) in [6.07, 6.45) is 14.2. The summed E-state index contributed by atoms with van der Waals surface area (Å²) in [5.41, 5.74) is 2.05. The first-order chi connectivity index (χ1) is 15.8. The summed E-state index contributed by atoms with van der Waals surface area (Å²) in [6.45, 7) is 16.5. The Morgan fingerprint density at radius 2 is 1.68 bits per heavy atom. The molecule has 0 aromatic rings. The topological polar surface area (TPSA) is 43.4 Å². The fourth-order valence-corrected chi connectivity index (χ4v) is 10.5. The van der Waals surface area contributed by atoms with Crippen molar-refractivity contribution in [1.29, 1.82) is 0 Å². The molecule has 0 aromatic carbocycles. The van der Waals surface area contributed by atoms with Gasteiger partial charge in [-0.3, -0.25) is 9.59 Å². The summed E-state index contributed by atoms with van der Waals surface area (Å²) >= 11 is 0. The van der Waals surface area contributed by atoms with Crippen molar-refractivity contribution in [2.75, 3.05) is 6.61 Å². The number of hydrogen-bond acceptors (Lipinski definition) is 3. The number of fused-ring (bicyclic) bond motifs is 7. The van der Waals surface area contributed by atoms with Crippen molar-refractivity contribution < 1.29 is 14.3 Å². The molecule has 34 heavy (non-hydrogen) atoms. The zero-order valence-electron chi connectivity index (χ0n) is 22.9. The molecule has 5 rings (SSSR count). The van der Waals surface area contributed by atoms with Crippen LogP contribution in [0.15, 0.2) is 11.6 Å². The number of carbonyl (C=O) groups is 2. The van der Waals surface area contributed by atoms with Crippen molar-refractivity contribution in [2.24, 2.45) is 50.7 Å². The summed E-state index contributed by atoms with van der Waals surface area (Å²) in [6, 6.07) is 0. The molecule has 3 nitrogen and oxygen atoms in total. The van der Waals surface area contributed by atoms with Crippen LogP contribution >= 0.6 is 0 Å². The predicted molar refractivity (Wildman–Crippen MR) is 136 cm³/mol. The molecular weight excluding hydrogens is 420 g/mol. The first-order valence-corrected chi connectivity index (χ1v) is 14.1. The van der Waals surface area contributed by atoms with E-state index in [0.717, 1.165) is 44.4 Å². The van der Waals surface area contributed by atoms with Crippen molar-refractivity contribution in [3.8, 4) is 0 Å². The van der Waals surface area contributed by atoms with E-state index in [4.69, 9.17) is 4.74 Å². The van der Waals surface area contributed by atoms with Crippen LogP contribution in [-0.2, 0) is 14.3 Å². The van der Waals surface area contributed by atoms with E-state index in [-0.39, 0.29) is 27.6 Å². The van der Waals surface area contributed by atoms with Crippen molar-refractivity contribution in [3.05, 3.63) is 11.6 Å². The number of allylic oxidation sites excluding steroid dienone is 1. The molecule has 5 aliphatic rings. The second-order valence-corrected chi connectivity index (χ2v) is 14.8.